The van der Waals surface area contributed by atoms with Crippen LogP contribution in [0.3, 0.4) is 0 Å². The van der Waals surface area contributed by atoms with Crippen molar-refractivity contribution in [1.29, 1.82) is 0 Å². The van der Waals surface area contributed by atoms with E-state index in [-0.39, 0.29) is 6.17 Å². The summed E-state index contributed by atoms with van der Waals surface area (Å²) in [6.45, 7) is 10.5. The fourth-order valence-electron chi connectivity index (χ4n) is 3.34. The van der Waals surface area contributed by atoms with Gasteiger partial charge in [0.15, 0.2) is 6.17 Å². The maximum absolute atomic E-state index is 6.52. The molecule has 0 spiro atoms. The molecule has 3 aromatic rings. The van der Waals surface area contributed by atoms with Crippen LogP contribution in [0.2, 0.25) is 0 Å². The number of hydrogen-bond acceptors (Lipinski definition) is 7. The van der Waals surface area contributed by atoms with Crippen molar-refractivity contribution in [2.75, 3.05) is 19.5 Å². The Morgan fingerprint density at radius 3 is 2.62 bits per heavy atom. The third-order valence-corrected chi connectivity index (χ3v) is 6.21. The number of methoxy groups -OCH3 is 1. The van der Waals surface area contributed by atoms with Crippen molar-refractivity contribution in [3.8, 4) is 5.75 Å². The Kier molecular flexibility index (Phi) is 6.52. The van der Waals surface area contributed by atoms with Gasteiger partial charge in [-0.05, 0) is 38.0 Å². The van der Waals surface area contributed by atoms with Crippen LogP contribution in [0.1, 0.15) is 47.3 Å². The predicted octanol–water partition coefficient (Wildman–Crippen LogP) is 4.86. The molecule has 0 fully saturated rings. The first-order valence-corrected chi connectivity index (χ1v) is 10.6. The molecule has 4 rings (SSSR count). The lowest BCUT2D eigenvalue weighted by molar-refractivity contribution is 0.0322. The van der Waals surface area contributed by atoms with Crippen molar-refractivity contribution < 1.29 is 9.57 Å². The summed E-state index contributed by atoms with van der Waals surface area (Å²) in [5.41, 5.74) is 15.3. The molecule has 3 N–H and O–H groups in total. The first-order valence-electron chi connectivity index (χ1n) is 9.74. The van der Waals surface area contributed by atoms with E-state index in [1.165, 1.54) is 11.1 Å². The number of ether oxygens (including phenoxy) is 1. The lowest BCUT2D eigenvalue weighted by atomic mass is 10.0. The minimum atomic E-state index is -0.355. The van der Waals surface area contributed by atoms with Crippen LogP contribution in [0, 0.1) is 20.8 Å². The van der Waals surface area contributed by atoms with Gasteiger partial charge in [-0.15, -0.1) is 11.3 Å². The number of pyridine rings is 1. The van der Waals surface area contributed by atoms with Crippen LogP contribution < -0.4 is 16.0 Å². The number of aromatic nitrogens is 1. The summed E-state index contributed by atoms with van der Waals surface area (Å²) in [5, 5.41) is 1.02. The number of para-hydroxylation sites is 1. The molecule has 1 aromatic carbocycles. The summed E-state index contributed by atoms with van der Waals surface area (Å²) >= 11 is 1.57. The average molecular weight is 413 g/mol. The lowest BCUT2D eigenvalue weighted by Gasteiger charge is -2.23. The fourth-order valence-corrected chi connectivity index (χ4v) is 4.52. The molecular formula is C22H28N4O2S. The summed E-state index contributed by atoms with van der Waals surface area (Å²) in [6, 6.07) is 7.77. The van der Waals surface area contributed by atoms with E-state index in [0.717, 1.165) is 43.5 Å². The van der Waals surface area contributed by atoms with E-state index in [0.29, 0.717) is 6.61 Å². The quantitative estimate of drug-likeness (QED) is 0.642. The van der Waals surface area contributed by atoms with Gasteiger partial charge in [0, 0.05) is 16.6 Å². The highest BCUT2D eigenvalue weighted by Crippen LogP contribution is 2.38. The van der Waals surface area contributed by atoms with Gasteiger partial charge in [0.05, 0.1) is 23.4 Å². The van der Waals surface area contributed by atoms with Crippen molar-refractivity contribution in [2.45, 2.75) is 40.8 Å². The number of aliphatic imine (C=N–C) groups is 1. The molecule has 7 heteroatoms. The van der Waals surface area contributed by atoms with E-state index < -0.39 is 0 Å². The van der Waals surface area contributed by atoms with Crippen molar-refractivity contribution in [2.24, 2.45) is 4.99 Å². The van der Waals surface area contributed by atoms with Crippen LogP contribution >= 0.6 is 11.3 Å². The number of nitrogen functional groups attached to an aromatic ring is 1. The minimum absolute atomic E-state index is 0.347. The first kappa shape index (κ1) is 21.2. The Labute approximate surface area is 175 Å². The van der Waals surface area contributed by atoms with Crippen LogP contribution in [-0.2, 0) is 4.84 Å². The molecule has 3 heterocycles. The van der Waals surface area contributed by atoms with E-state index in [9.17, 15) is 0 Å². The SMILES string of the molecule is CC.COc1ccccc1C1N=C(c2sc3nc(C)c(C)c(C)c3c2N)CON1. The third kappa shape index (κ3) is 3.85. The highest BCUT2D eigenvalue weighted by atomic mass is 32.1. The number of hydroxylamine groups is 1. The number of nitrogens with two attached hydrogens (primary N) is 1. The Hall–Kier alpha value is -2.48. The summed E-state index contributed by atoms with van der Waals surface area (Å²) in [4.78, 5) is 17.1. The van der Waals surface area contributed by atoms with Gasteiger partial charge in [0.1, 0.15) is 17.2 Å². The molecule has 154 valence electrons. The number of thiophene rings is 1. The molecule has 2 aromatic heterocycles. The van der Waals surface area contributed by atoms with E-state index >= 15 is 0 Å². The number of benzene rings is 1. The normalized spacial score (nSPS) is 16.2. The maximum atomic E-state index is 6.52. The van der Waals surface area contributed by atoms with E-state index in [2.05, 4.69) is 19.3 Å². The summed E-state index contributed by atoms with van der Waals surface area (Å²) in [5.74, 6) is 0.761. The molecule has 0 saturated heterocycles. The van der Waals surface area contributed by atoms with E-state index in [1.54, 1.807) is 18.4 Å². The van der Waals surface area contributed by atoms with Gasteiger partial charge in [-0.3, -0.25) is 9.83 Å². The molecule has 29 heavy (non-hydrogen) atoms. The topological polar surface area (TPSA) is 81.8 Å². The summed E-state index contributed by atoms with van der Waals surface area (Å²) < 4.78 is 5.46. The van der Waals surface area contributed by atoms with Crippen LogP contribution in [-0.4, -0.2) is 24.4 Å². The van der Waals surface area contributed by atoms with Crippen LogP contribution in [0.15, 0.2) is 29.3 Å². The fraction of sp³-hybridized carbons (Fsp3) is 0.364. The van der Waals surface area contributed by atoms with Crippen molar-refractivity contribution in [3.63, 3.8) is 0 Å². The monoisotopic (exact) mass is 412 g/mol. The number of fused-ring (bicyclic) bond motifs is 1. The zero-order chi connectivity index (χ0) is 21.1. The van der Waals surface area contributed by atoms with Gasteiger partial charge in [-0.1, -0.05) is 32.0 Å². The largest absolute Gasteiger partial charge is 0.496 e. The Balaban J connectivity index is 0.00000117. The molecule has 6 nitrogen and oxygen atoms in total. The van der Waals surface area contributed by atoms with Crippen LogP contribution in [0.5, 0.6) is 5.75 Å². The van der Waals surface area contributed by atoms with Crippen molar-refractivity contribution >= 4 is 33.0 Å². The zero-order valence-electron chi connectivity index (χ0n) is 17.8. The molecule has 1 aliphatic heterocycles. The highest BCUT2D eigenvalue weighted by Gasteiger charge is 2.25. The Morgan fingerprint density at radius 2 is 1.90 bits per heavy atom. The number of anilines is 1. The third-order valence-electron chi connectivity index (χ3n) is 5.06. The van der Waals surface area contributed by atoms with E-state index in [1.807, 2.05) is 45.0 Å². The number of rotatable bonds is 3. The average Bonchev–Trinajstić information content (AvgIpc) is 3.09. The number of nitrogens with zero attached hydrogens (tertiary/aromatic N) is 2. The minimum Gasteiger partial charge on any atom is -0.496 e. The predicted molar refractivity (Wildman–Crippen MR) is 121 cm³/mol. The number of nitrogens with one attached hydrogen (secondary N) is 1. The van der Waals surface area contributed by atoms with Gasteiger partial charge >= 0.3 is 0 Å². The molecule has 0 amide bonds. The second-order valence-corrected chi connectivity index (χ2v) is 7.60. The zero-order valence-corrected chi connectivity index (χ0v) is 18.6. The van der Waals surface area contributed by atoms with Gasteiger partial charge in [0.25, 0.3) is 0 Å². The van der Waals surface area contributed by atoms with Gasteiger partial charge in [-0.25, -0.2) is 4.98 Å². The van der Waals surface area contributed by atoms with Crippen LogP contribution in [0.4, 0.5) is 5.69 Å². The molecule has 1 aliphatic rings. The van der Waals surface area contributed by atoms with Crippen molar-refractivity contribution in [3.05, 3.63) is 51.5 Å². The second kappa shape index (κ2) is 8.90. The summed E-state index contributed by atoms with van der Waals surface area (Å²) in [7, 11) is 1.65. The lowest BCUT2D eigenvalue weighted by Crippen LogP contribution is -2.31. The highest BCUT2D eigenvalue weighted by molar-refractivity contribution is 7.21. The van der Waals surface area contributed by atoms with Gasteiger partial charge < -0.3 is 10.5 Å². The Bertz CT molecular complexity index is 1060. The van der Waals surface area contributed by atoms with Crippen molar-refractivity contribution in [1.82, 2.24) is 10.5 Å². The maximum Gasteiger partial charge on any atom is 0.151 e. The van der Waals surface area contributed by atoms with E-state index in [4.69, 9.17) is 25.3 Å². The molecular weight excluding hydrogens is 384 g/mol. The Morgan fingerprint density at radius 1 is 1.17 bits per heavy atom. The summed E-state index contributed by atoms with van der Waals surface area (Å²) in [6.07, 6.45) is -0.355. The second-order valence-electron chi connectivity index (χ2n) is 6.60. The number of aryl methyl sites for hydroxylation is 2. The number of hydrogen-bond donors (Lipinski definition) is 2. The van der Waals surface area contributed by atoms with Crippen LogP contribution in [0.25, 0.3) is 10.2 Å². The smallest absolute Gasteiger partial charge is 0.151 e. The first-order chi connectivity index (χ1) is 14.0. The van der Waals surface area contributed by atoms with Gasteiger partial charge in [-0.2, -0.15) is 5.48 Å². The standard InChI is InChI=1S/C20H22N4O2S.C2H6/c1-10-11(2)16-17(21)18(27-20(16)22-12(10)3)14-9-26-24-19(23-14)13-7-5-6-8-15(13)25-4;1-2/h5-8,19,24H,9,21H2,1-4H3;1-2H3. The molecule has 0 bridgehead atoms. The molecule has 0 saturated carbocycles. The van der Waals surface area contributed by atoms with Gasteiger partial charge in [0.2, 0.25) is 0 Å². The molecule has 1 atom stereocenters. The molecule has 1 unspecified atom stereocenters. The molecule has 0 aliphatic carbocycles. The molecule has 0 radical (unpaired) electrons.